The molecule has 1 aromatic heterocycles. The van der Waals surface area contributed by atoms with Crippen LogP contribution in [0, 0.1) is 13.8 Å². The Bertz CT molecular complexity index is 1010. The number of aryl methyl sites for hydroxylation is 2. The first-order valence-corrected chi connectivity index (χ1v) is 9.31. The smallest absolute Gasteiger partial charge is 0.257 e. The Hall–Kier alpha value is -2.92. The predicted octanol–water partition coefficient (Wildman–Crippen LogP) is 3.69. The van der Waals surface area contributed by atoms with Crippen LogP contribution in [0.5, 0.6) is 0 Å². The third-order valence-corrected chi connectivity index (χ3v) is 5.03. The molecule has 4 rings (SSSR count). The number of hydrogen-bond donors (Lipinski definition) is 2. The number of rotatable bonds is 4. The van der Waals surface area contributed by atoms with Gasteiger partial charge in [0.25, 0.3) is 5.56 Å². The molecule has 0 saturated carbocycles. The first-order valence-electron chi connectivity index (χ1n) is 9.31. The maximum absolute atomic E-state index is 12.6. The first kappa shape index (κ1) is 17.5. The summed E-state index contributed by atoms with van der Waals surface area (Å²) in [6.45, 7) is 6.50. The molecular formula is C22H24N4O. The Morgan fingerprint density at radius 2 is 1.96 bits per heavy atom. The highest BCUT2D eigenvalue weighted by atomic mass is 16.1. The van der Waals surface area contributed by atoms with Crippen LogP contribution >= 0.6 is 0 Å². The summed E-state index contributed by atoms with van der Waals surface area (Å²) in [5, 5.41) is 3.26. The van der Waals surface area contributed by atoms with Gasteiger partial charge >= 0.3 is 0 Å². The van der Waals surface area contributed by atoms with Gasteiger partial charge < -0.3 is 5.32 Å². The lowest BCUT2D eigenvalue weighted by Crippen LogP contribution is -2.35. The van der Waals surface area contributed by atoms with Crippen molar-refractivity contribution in [1.82, 2.24) is 14.9 Å². The minimum atomic E-state index is -0.0509. The van der Waals surface area contributed by atoms with Crippen LogP contribution in [0.4, 0.5) is 11.6 Å². The number of benzene rings is 2. The normalized spacial score (nSPS) is 14.0. The van der Waals surface area contributed by atoms with E-state index in [4.69, 9.17) is 0 Å². The van der Waals surface area contributed by atoms with Crippen LogP contribution in [0.25, 0.3) is 0 Å². The highest BCUT2D eigenvalue weighted by Crippen LogP contribution is 2.21. The first-order chi connectivity index (χ1) is 13.1. The van der Waals surface area contributed by atoms with Crippen LogP contribution in [0.15, 0.2) is 53.3 Å². The number of H-pyrrole nitrogens is 1. The van der Waals surface area contributed by atoms with Crippen molar-refractivity contribution in [3.63, 3.8) is 0 Å². The third-order valence-electron chi connectivity index (χ3n) is 5.03. The number of fused-ring (bicyclic) bond motifs is 1. The molecular weight excluding hydrogens is 336 g/mol. The SMILES string of the molecule is Cc1ccc(Nc2nc3c(c(=O)[nH]2)CN(Cc2ccccc2)CC3)c(C)c1. The van der Waals surface area contributed by atoms with Gasteiger partial charge in [-0.1, -0.05) is 48.0 Å². The zero-order valence-corrected chi connectivity index (χ0v) is 15.7. The highest BCUT2D eigenvalue weighted by Gasteiger charge is 2.21. The van der Waals surface area contributed by atoms with Crippen molar-refractivity contribution in [2.24, 2.45) is 0 Å². The number of nitrogens with one attached hydrogen (secondary N) is 2. The molecule has 5 heteroatoms. The molecule has 1 aliphatic heterocycles. The average Bonchev–Trinajstić information content (AvgIpc) is 2.65. The van der Waals surface area contributed by atoms with E-state index in [2.05, 4.69) is 45.3 Å². The van der Waals surface area contributed by atoms with Gasteiger partial charge in [0, 0.05) is 31.7 Å². The summed E-state index contributed by atoms with van der Waals surface area (Å²) < 4.78 is 0. The van der Waals surface area contributed by atoms with Crippen LogP contribution in [0.3, 0.4) is 0 Å². The van der Waals surface area contributed by atoms with Gasteiger partial charge in [-0.25, -0.2) is 4.98 Å². The monoisotopic (exact) mass is 360 g/mol. The number of aromatic nitrogens is 2. The van der Waals surface area contributed by atoms with Crippen molar-refractivity contribution in [2.75, 3.05) is 11.9 Å². The van der Waals surface area contributed by atoms with Crippen LogP contribution in [-0.2, 0) is 19.5 Å². The summed E-state index contributed by atoms with van der Waals surface area (Å²) in [6.07, 6.45) is 0.785. The van der Waals surface area contributed by atoms with E-state index in [1.165, 1.54) is 11.1 Å². The Labute approximate surface area is 159 Å². The molecule has 1 aliphatic rings. The molecule has 5 nitrogen and oxygen atoms in total. The summed E-state index contributed by atoms with van der Waals surface area (Å²) in [6, 6.07) is 16.5. The highest BCUT2D eigenvalue weighted by molar-refractivity contribution is 5.59. The summed E-state index contributed by atoms with van der Waals surface area (Å²) in [4.78, 5) is 22.5. The Kier molecular flexibility index (Phi) is 4.77. The molecule has 0 unspecified atom stereocenters. The molecule has 0 bridgehead atoms. The summed E-state index contributed by atoms with van der Waals surface area (Å²) >= 11 is 0. The third kappa shape index (κ3) is 3.93. The van der Waals surface area contributed by atoms with Gasteiger partial charge in [0.15, 0.2) is 0 Å². The van der Waals surface area contributed by atoms with Gasteiger partial charge in [-0.15, -0.1) is 0 Å². The van der Waals surface area contributed by atoms with E-state index in [0.29, 0.717) is 12.5 Å². The molecule has 2 N–H and O–H groups in total. The summed E-state index contributed by atoms with van der Waals surface area (Å²) in [5.74, 6) is 0.516. The second-order valence-electron chi connectivity index (χ2n) is 7.23. The van der Waals surface area contributed by atoms with Crippen LogP contribution in [-0.4, -0.2) is 21.4 Å². The number of hydrogen-bond acceptors (Lipinski definition) is 4. The van der Waals surface area contributed by atoms with Gasteiger partial charge in [0.1, 0.15) is 0 Å². The fraction of sp³-hybridized carbons (Fsp3) is 0.273. The lowest BCUT2D eigenvalue weighted by atomic mass is 10.1. The molecule has 0 spiro atoms. The average molecular weight is 360 g/mol. The Morgan fingerprint density at radius 3 is 2.74 bits per heavy atom. The molecule has 0 radical (unpaired) electrons. The van der Waals surface area contributed by atoms with E-state index in [1.807, 2.05) is 37.3 Å². The molecule has 138 valence electrons. The molecule has 0 aliphatic carbocycles. The van der Waals surface area contributed by atoms with Crippen LogP contribution < -0.4 is 10.9 Å². The van der Waals surface area contributed by atoms with Gasteiger partial charge in [-0.3, -0.25) is 14.7 Å². The van der Waals surface area contributed by atoms with Crippen molar-refractivity contribution in [3.05, 3.63) is 86.8 Å². The summed E-state index contributed by atoms with van der Waals surface area (Å²) in [5.41, 5.74) is 6.19. The minimum Gasteiger partial charge on any atom is -0.325 e. The van der Waals surface area contributed by atoms with Crippen LogP contribution in [0.2, 0.25) is 0 Å². The van der Waals surface area contributed by atoms with Gasteiger partial charge in [0.05, 0.1) is 11.3 Å². The van der Waals surface area contributed by atoms with Crippen molar-refractivity contribution in [2.45, 2.75) is 33.4 Å². The van der Waals surface area contributed by atoms with E-state index in [9.17, 15) is 4.79 Å². The van der Waals surface area contributed by atoms with Gasteiger partial charge in [-0.05, 0) is 31.0 Å². The summed E-state index contributed by atoms with van der Waals surface area (Å²) in [7, 11) is 0. The van der Waals surface area contributed by atoms with E-state index in [1.54, 1.807) is 0 Å². The molecule has 2 aromatic carbocycles. The largest absolute Gasteiger partial charge is 0.325 e. The zero-order chi connectivity index (χ0) is 18.8. The molecule has 0 atom stereocenters. The second-order valence-corrected chi connectivity index (χ2v) is 7.23. The minimum absolute atomic E-state index is 0.0509. The van der Waals surface area contributed by atoms with E-state index < -0.39 is 0 Å². The fourth-order valence-corrected chi connectivity index (χ4v) is 3.60. The van der Waals surface area contributed by atoms with Crippen molar-refractivity contribution in [3.8, 4) is 0 Å². The maximum Gasteiger partial charge on any atom is 0.257 e. The van der Waals surface area contributed by atoms with E-state index in [-0.39, 0.29) is 5.56 Å². The van der Waals surface area contributed by atoms with Gasteiger partial charge in [-0.2, -0.15) is 0 Å². The second kappa shape index (κ2) is 7.37. The fourth-order valence-electron chi connectivity index (χ4n) is 3.60. The number of aromatic amines is 1. The van der Waals surface area contributed by atoms with Gasteiger partial charge in [0.2, 0.25) is 5.95 Å². The lowest BCUT2D eigenvalue weighted by Gasteiger charge is -2.27. The number of anilines is 2. The topological polar surface area (TPSA) is 61.0 Å². The number of nitrogens with zero attached hydrogens (tertiary/aromatic N) is 2. The molecule has 27 heavy (non-hydrogen) atoms. The Morgan fingerprint density at radius 1 is 1.15 bits per heavy atom. The molecule has 0 fully saturated rings. The maximum atomic E-state index is 12.6. The molecule has 2 heterocycles. The van der Waals surface area contributed by atoms with E-state index in [0.717, 1.165) is 42.0 Å². The predicted molar refractivity (Wildman–Crippen MR) is 108 cm³/mol. The van der Waals surface area contributed by atoms with Crippen molar-refractivity contribution in [1.29, 1.82) is 0 Å². The Balaban J connectivity index is 1.53. The lowest BCUT2D eigenvalue weighted by molar-refractivity contribution is 0.242. The molecule has 0 saturated heterocycles. The zero-order valence-electron chi connectivity index (χ0n) is 15.7. The van der Waals surface area contributed by atoms with Crippen LogP contribution in [0.1, 0.15) is 27.9 Å². The van der Waals surface area contributed by atoms with Crippen molar-refractivity contribution < 1.29 is 0 Å². The van der Waals surface area contributed by atoms with Crippen molar-refractivity contribution >= 4 is 11.6 Å². The molecule has 0 amide bonds. The molecule has 3 aromatic rings. The van der Waals surface area contributed by atoms with E-state index >= 15 is 0 Å². The quantitative estimate of drug-likeness (QED) is 0.745. The standard InChI is InChI=1S/C22H24N4O/c1-15-8-9-19(16(2)12-15)23-22-24-20-10-11-26(14-18(20)21(27)25-22)13-17-6-4-3-5-7-17/h3-9,12H,10-11,13-14H2,1-2H3,(H2,23,24,25,27).